The summed E-state index contributed by atoms with van der Waals surface area (Å²) >= 11 is 0. The summed E-state index contributed by atoms with van der Waals surface area (Å²) in [7, 11) is 0. The molecule has 0 bridgehead atoms. The molecule has 55 heavy (non-hydrogen) atoms. The second kappa shape index (κ2) is 13.3. The van der Waals surface area contributed by atoms with Crippen LogP contribution in [0.1, 0.15) is 99.2 Å². The van der Waals surface area contributed by atoms with Gasteiger partial charge in [0.05, 0.1) is 48.6 Å². The second-order valence-corrected chi connectivity index (χ2v) is 16.2. The fraction of sp³-hybridized carbons (Fsp3) is 0.548. The highest BCUT2D eigenvalue weighted by atomic mass is 19.4. The number of rotatable bonds is 7. The van der Waals surface area contributed by atoms with E-state index in [2.05, 4.69) is 11.5 Å². The number of fused-ring (bicyclic) bond motifs is 6. The molecule has 13 heteroatoms. The summed E-state index contributed by atoms with van der Waals surface area (Å²) in [6.07, 6.45) is 2.58. The molecule has 8 nitrogen and oxygen atoms in total. The van der Waals surface area contributed by atoms with Crippen LogP contribution in [0.3, 0.4) is 0 Å². The molecule has 2 aromatic heterocycles. The van der Waals surface area contributed by atoms with Gasteiger partial charge in [-0.2, -0.15) is 23.1 Å². The predicted molar refractivity (Wildman–Crippen MR) is 200 cm³/mol. The molecular weight excluding hydrogens is 717 g/mol. The van der Waals surface area contributed by atoms with Crippen molar-refractivity contribution >= 4 is 11.9 Å². The highest BCUT2D eigenvalue weighted by molar-refractivity contribution is 5.95. The molecule has 1 aromatic carbocycles. The summed E-state index contributed by atoms with van der Waals surface area (Å²) in [6, 6.07) is 3.00. The van der Waals surface area contributed by atoms with Crippen molar-refractivity contribution < 1.29 is 36.5 Å². The molecule has 9 rings (SSSR count). The second-order valence-electron chi connectivity index (χ2n) is 16.2. The number of alkyl halides is 4. The van der Waals surface area contributed by atoms with E-state index in [1.807, 2.05) is 24.8 Å². The molecule has 294 valence electrons. The largest absolute Gasteiger partial charge is 0.461 e. The van der Waals surface area contributed by atoms with Crippen molar-refractivity contribution in [2.24, 2.45) is 0 Å². The number of anilines is 1. The fourth-order valence-corrected chi connectivity index (χ4v) is 9.62. The van der Waals surface area contributed by atoms with Crippen LogP contribution >= 0.6 is 0 Å². The first-order valence-electron chi connectivity index (χ1n) is 19.4. The number of aromatic nitrogens is 3. The minimum Gasteiger partial charge on any atom is -0.461 e. The predicted octanol–water partition coefficient (Wildman–Crippen LogP) is 8.61. The third kappa shape index (κ3) is 6.16. The number of pyridine rings is 1. The van der Waals surface area contributed by atoms with Crippen LogP contribution in [-0.2, 0) is 22.0 Å². The van der Waals surface area contributed by atoms with Crippen molar-refractivity contribution in [3.63, 3.8) is 0 Å². The Labute approximate surface area is 318 Å². The van der Waals surface area contributed by atoms with Crippen molar-refractivity contribution in [2.45, 2.75) is 101 Å². The van der Waals surface area contributed by atoms with E-state index in [4.69, 9.17) is 24.4 Å². The first-order valence-corrected chi connectivity index (χ1v) is 19.4. The molecule has 5 fully saturated rings. The highest BCUT2D eigenvalue weighted by Gasteiger charge is 2.59. The topological polar surface area (TPSA) is 83.8 Å². The lowest BCUT2D eigenvalue weighted by atomic mass is 9.82. The van der Waals surface area contributed by atoms with Crippen LogP contribution in [0.5, 0.6) is 6.01 Å². The van der Waals surface area contributed by atoms with E-state index in [9.17, 15) is 22.7 Å². The molecule has 3 aliphatic carbocycles. The summed E-state index contributed by atoms with van der Waals surface area (Å²) in [5.74, 6) is 0.517. The lowest BCUT2D eigenvalue weighted by molar-refractivity contribution is -0.139. The Morgan fingerprint density at radius 3 is 2.51 bits per heavy atom. The van der Waals surface area contributed by atoms with E-state index < -0.39 is 28.4 Å². The Morgan fingerprint density at radius 1 is 1.07 bits per heavy atom. The number of β-amino-alcohol motifs (C(OH)–C–C–N with tert-alkyl or cyclic N) is 1. The van der Waals surface area contributed by atoms with Gasteiger partial charge in [0.15, 0.2) is 0 Å². The van der Waals surface area contributed by atoms with E-state index in [1.165, 1.54) is 6.08 Å². The van der Waals surface area contributed by atoms with Crippen LogP contribution in [0, 0.1) is 6.92 Å². The van der Waals surface area contributed by atoms with Crippen molar-refractivity contribution in [2.75, 3.05) is 50.9 Å². The Bertz CT molecular complexity index is 2070. The molecule has 3 aliphatic heterocycles. The van der Waals surface area contributed by atoms with Crippen LogP contribution in [0.25, 0.3) is 28.5 Å². The third-order valence-electron chi connectivity index (χ3n) is 12.3. The maximum atomic E-state index is 16.4. The van der Waals surface area contributed by atoms with Gasteiger partial charge in [-0.05, 0) is 105 Å². The van der Waals surface area contributed by atoms with Crippen LogP contribution in [-0.4, -0.2) is 82.1 Å². The molecule has 2 atom stereocenters. The Hall–Kier alpha value is -3.94. The van der Waals surface area contributed by atoms with Gasteiger partial charge in [-0.25, -0.2) is 8.78 Å². The molecule has 5 heterocycles. The van der Waals surface area contributed by atoms with Crippen LogP contribution < -0.4 is 9.64 Å². The number of hydrogen-bond donors (Lipinski definition) is 1. The third-order valence-corrected chi connectivity index (χ3v) is 12.3. The normalized spacial score (nSPS) is 26.6. The molecule has 3 aromatic rings. The van der Waals surface area contributed by atoms with Gasteiger partial charge in [0.2, 0.25) is 0 Å². The van der Waals surface area contributed by atoms with Crippen LogP contribution in [0.2, 0.25) is 0 Å². The van der Waals surface area contributed by atoms with Gasteiger partial charge in [0.1, 0.15) is 23.7 Å². The van der Waals surface area contributed by atoms with Crippen LogP contribution in [0.4, 0.5) is 27.8 Å². The molecule has 6 aliphatic rings. The number of benzene rings is 1. The maximum Gasteiger partial charge on any atom is 0.416 e. The SMILES string of the molecule is C=Cc1c(C)cc(C(F)(F)F)c(C2(F)CC2)c1-c1nccc2c1C1(CC1)c1nc(OC[C@@]34CCCN3C/C(=C\F)C4)nc(N3CCOC[C@@](C)(O)C3)c1-2.CC. The molecule has 1 spiro atoms. The summed E-state index contributed by atoms with van der Waals surface area (Å²) in [5.41, 5.74) is -1.16. The Kier molecular flexibility index (Phi) is 9.20. The first-order chi connectivity index (χ1) is 26.2. The van der Waals surface area contributed by atoms with Crippen molar-refractivity contribution in [1.29, 1.82) is 0 Å². The number of hydrogen-bond acceptors (Lipinski definition) is 8. The molecule has 0 radical (unpaired) electrons. The monoisotopic (exact) mass is 765 g/mol. The average Bonchev–Trinajstić information content (AvgIpc) is 4.03. The number of aliphatic hydroxyl groups is 1. The molecule has 3 saturated heterocycles. The van der Waals surface area contributed by atoms with Gasteiger partial charge in [-0.15, -0.1) is 0 Å². The molecule has 2 saturated carbocycles. The van der Waals surface area contributed by atoms with E-state index in [1.54, 1.807) is 20.0 Å². The molecule has 0 amide bonds. The van der Waals surface area contributed by atoms with Gasteiger partial charge in [-0.1, -0.05) is 26.5 Å². The Balaban J connectivity index is 0.00000210. The van der Waals surface area contributed by atoms with Gasteiger partial charge in [0, 0.05) is 41.4 Å². The molecule has 1 N–H and O–H groups in total. The van der Waals surface area contributed by atoms with E-state index >= 15 is 4.39 Å². The quantitative estimate of drug-likeness (QED) is 0.240. The smallest absolute Gasteiger partial charge is 0.416 e. The van der Waals surface area contributed by atoms with Gasteiger partial charge < -0.3 is 19.5 Å². The zero-order chi connectivity index (χ0) is 39.1. The maximum absolute atomic E-state index is 16.4. The molecular formula is C42H48F5N5O3. The highest BCUT2D eigenvalue weighted by Crippen LogP contribution is 2.67. The molecule has 0 unspecified atom stereocenters. The standard InChI is InChI=1S/C40H42F5N5O3.C2H6/c1-4-25-23(2)16-27(40(43,44)45)31(39(42)10-11-39)28(25)32-30-26(6-12-46-32)29-33(38(30)8-9-38)47-35(48-34(29)49-14-15-52-21-36(3,51)20-49)53-22-37-7-5-13-50(37)19-24(17-37)18-41;1-2/h4,6,12,16,18,51H,1,5,7-11,13-15,17,19-22H2,2-3H3;1-2H3/b24-18-;/t36-,37-;/m0./s1. The summed E-state index contributed by atoms with van der Waals surface area (Å²) in [5, 5.41) is 11.3. The summed E-state index contributed by atoms with van der Waals surface area (Å²) < 4.78 is 86.7. The van der Waals surface area contributed by atoms with E-state index in [0.29, 0.717) is 84.6 Å². The van der Waals surface area contributed by atoms with Gasteiger partial charge in [-0.3, -0.25) is 9.88 Å². The van der Waals surface area contributed by atoms with Crippen molar-refractivity contribution in [1.82, 2.24) is 19.9 Å². The summed E-state index contributed by atoms with van der Waals surface area (Å²) in [6.45, 7) is 14.0. The van der Waals surface area contributed by atoms with Crippen LogP contribution in [0.15, 0.2) is 36.8 Å². The van der Waals surface area contributed by atoms with Gasteiger partial charge in [0.25, 0.3) is 0 Å². The van der Waals surface area contributed by atoms with E-state index in [0.717, 1.165) is 31.0 Å². The van der Waals surface area contributed by atoms with Crippen molar-refractivity contribution in [3.8, 4) is 28.4 Å². The van der Waals surface area contributed by atoms with Gasteiger partial charge >= 0.3 is 12.2 Å². The average molecular weight is 766 g/mol. The summed E-state index contributed by atoms with van der Waals surface area (Å²) in [4.78, 5) is 19.1. The minimum atomic E-state index is -4.79. The lowest BCUT2D eigenvalue weighted by Gasteiger charge is -2.32. The Morgan fingerprint density at radius 2 is 1.84 bits per heavy atom. The van der Waals surface area contributed by atoms with E-state index in [-0.39, 0.29) is 61.0 Å². The minimum absolute atomic E-state index is 0.0159. The number of halogens is 5. The number of nitrogens with zero attached hydrogens (tertiary/aromatic N) is 5. The number of aryl methyl sites for hydroxylation is 1. The fourth-order valence-electron chi connectivity index (χ4n) is 9.62. The lowest BCUT2D eigenvalue weighted by Crippen LogP contribution is -2.44. The zero-order valence-corrected chi connectivity index (χ0v) is 31.9. The van der Waals surface area contributed by atoms with Crippen molar-refractivity contribution in [3.05, 3.63) is 70.3 Å². The first kappa shape index (κ1) is 38.0. The number of ether oxygens (including phenoxy) is 2. The zero-order valence-electron chi connectivity index (χ0n) is 31.9.